The van der Waals surface area contributed by atoms with E-state index in [0.29, 0.717) is 37.1 Å². The molecule has 1 heterocycles. The minimum atomic E-state index is -4.12. The molecule has 13 heteroatoms. The largest absolute Gasteiger partial charge is 1.00 e. The van der Waals surface area contributed by atoms with Gasteiger partial charge in [-0.25, -0.2) is 4.57 Å². The number of nitriles is 1. The lowest BCUT2D eigenvalue weighted by Gasteiger charge is -2.37. The van der Waals surface area contributed by atoms with E-state index in [2.05, 4.69) is 20.9 Å². The quantitative estimate of drug-likeness (QED) is 0.0252. The van der Waals surface area contributed by atoms with E-state index in [1.807, 2.05) is 6.07 Å². The normalized spacial score (nSPS) is 15.0. The monoisotopic (exact) mass is 921 g/mol. The van der Waals surface area contributed by atoms with Gasteiger partial charge in [0.25, 0.3) is 0 Å². The molecule has 11 nitrogen and oxygen atoms in total. The summed E-state index contributed by atoms with van der Waals surface area (Å²) in [7, 11) is -2.02. The highest BCUT2D eigenvalue weighted by Gasteiger charge is 2.32. The number of rotatable bonds is 45. The smallest absolute Gasteiger partial charge is 0.475 e. The predicted octanol–water partition coefficient (Wildman–Crippen LogP) is 10.5. The molecule has 0 spiro atoms. The summed E-state index contributed by atoms with van der Waals surface area (Å²) in [5.74, 6) is -0.766. The molecule has 0 bridgehead atoms. The maximum atomic E-state index is 13.7. The number of hydrogen-bond acceptors (Lipinski definition) is 10. The summed E-state index contributed by atoms with van der Waals surface area (Å²) in [5.41, 5.74) is 0. The average molecular weight is 922 g/mol. The van der Waals surface area contributed by atoms with E-state index in [4.69, 9.17) is 33.0 Å². The second-order valence-corrected chi connectivity index (χ2v) is 19.6. The van der Waals surface area contributed by atoms with Crippen molar-refractivity contribution in [3.63, 3.8) is 0 Å². The van der Waals surface area contributed by atoms with Crippen LogP contribution in [0.1, 0.15) is 226 Å². The van der Waals surface area contributed by atoms with E-state index in [1.54, 1.807) is 0 Å². The van der Waals surface area contributed by atoms with Crippen LogP contribution in [-0.2, 0) is 41.9 Å². The highest BCUT2D eigenvalue weighted by molar-refractivity contribution is 7.48. The Morgan fingerprint density at radius 1 is 0.581 bits per heavy atom. The van der Waals surface area contributed by atoms with Crippen molar-refractivity contribution in [2.75, 3.05) is 66.3 Å². The van der Waals surface area contributed by atoms with Gasteiger partial charge in [-0.05, 0) is 12.8 Å². The van der Waals surface area contributed by atoms with Crippen LogP contribution in [0.5, 0.6) is 0 Å². The Balaban J connectivity index is 0.0000372. The molecule has 0 radical (unpaired) electrons. The SMILES string of the molecule is CCCCCCCCCCCCCCCCCC(=O)OCC(COP(=O)(OCCC#N)OCC[N+]1(C)CCOCC1)OC(=O)CCCCCCCCCCCCCCCCC.[Cl-]. The molecule has 0 aromatic heterocycles. The number of nitrogens with zero attached hydrogens (tertiary/aromatic N) is 2. The Morgan fingerprint density at radius 3 is 1.39 bits per heavy atom. The zero-order chi connectivity index (χ0) is 44.4. The van der Waals surface area contributed by atoms with Gasteiger partial charge in [0.05, 0.1) is 46.0 Å². The number of likely N-dealkylation sites (N-methyl/N-ethyl adjacent to an activating group) is 1. The van der Waals surface area contributed by atoms with Crippen molar-refractivity contribution in [2.24, 2.45) is 0 Å². The lowest BCUT2D eigenvalue weighted by molar-refractivity contribution is -0.916. The van der Waals surface area contributed by atoms with Gasteiger partial charge in [-0.3, -0.25) is 23.2 Å². The maximum Gasteiger partial charge on any atom is 0.475 e. The molecule has 0 amide bonds. The lowest BCUT2D eigenvalue weighted by atomic mass is 10.0. The molecule has 1 saturated heterocycles. The van der Waals surface area contributed by atoms with Crippen molar-refractivity contribution in [3.8, 4) is 6.07 Å². The van der Waals surface area contributed by atoms with Crippen LogP contribution in [0.4, 0.5) is 0 Å². The van der Waals surface area contributed by atoms with Gasteiger partial charge >= 0.3 is 19.8 Å². The fourth-order valence-electron chi connectivity index (χ4n) is 7.77. The van der Waals surface area contributed by atoms with Crippen molar-refractivity contribution < 1.29 is 58.8 Å². The Bertz CT molecular complexity index is 1120. The molecule has 0 aromatic carbocycles. The molecule has 62 heavy (non-hydrogen) atoms. The molecule has 0 aliphatic carbocycles. The lowest BCUT2D eigenvalue weighted by Crippen LogP contribution is -3.00. The molecule has 1 fully saturated rings. The highest BCUT2D eigenvalue weighted by atomic mass is 35.5. The zero-order valence-electron chi connectivity index (χ0n) is 40.2. The molecule has 2 atom stereocenters. The minimum absolute atomic E-state index is 0. The first-order valence-corrected chi connectivity index (χ1v) is 26.9. The van der Waals surface area contributed by atoms with Crippen molar-refractivity contribution >= 4 is 19.8 Å². The third-order valence-electron chi connectivity index (χ3n) is 12.0. The average Bonchev–Trinajstić information content (AvgIpc) is 3.25. The molecule has 0 N–H and O–H groups in total. The van der Waals surface area contributed by atoms with E-state index in [-0.39, 0.29) is 57.6 Å². The number of halogens is 1. The van der Waals surface area contributed by atoms with Crippen LogP contribution in [0.25, 0.3) is 0 Å². The van der Waals surface area contributed by atoms with Crippen molar-refractivity contribution in [1.29, 1.82) is 5.26 Å². The Morgan fingerprint density at radius 2 is 0.968 bits per heavy atom. The Hall–Kier alpha value is -1.25. The Labute approximate surface area is 386 Å². The summed E-state index contributed by atoms with van der Waals surface area (Å²) in [5, 5.41) is 9.05. The summed E-state index contributed by atoms with van der Waals surface area (Å²) in [6.45, 7) is 7.45. The molecule has 0 saturated carbocycles. The molecule has 0 aromatic rings. The minimum Gasteiger partial charge on any atom is -1.00 e. The maximum absolute atomic E-state index is 13.7. The molecular formula is C49H94ClN2O9P. The number of ether oxygens (including phenoxy) is 3. The zero-order valence-corrected chi connectivity index (χ0v) is 41.8. The van der Waals surface area contributed by atoms with Gasteiger partial charge < -0.3 is 31.1 Å². The topological polar surface area (TPSA) is 130 Å². The van der Waals surface area contributed by atoms with Crippen molar-refractivity contribution in [3.05, 3.63) is 0 Å². The van der Waals surface area contributed by atoms with Crippen LogP contribution in [0, 0.1) is 11.3 Å². The van der Waals surface area contributed by atoms with E-state index in [0.717, 1.165) is 45.2 Å². The molecular weight excluding hydrogens is 827 g/mol. The summed E-state index contributed by atoms with van der Waals surface area (Å²) in [6, 6.07) is 1.98. The number of hydrogen-bond donors (Lipinski definition) is 0. The number of carbonyl (C=O) groups excluding carboxylic acids is 2. The fraction of sp³-hybridized carbons (Fsp3) is 0.939. The van der Waals surface area contributed by atoms with Gasteiger partial charge in [0.2, 0.25) is 0 Å². The molecule has 366 valence electrons. The van der Waals surface area contributed by atoms with Gasteiger partial charge in [-0.1, -0.05) is 194 Å². The molecule has 1 aliphatic heterocycles. The molecule has 2 unspecified atom stereocenters. The van der Waals surface area contributed by atoms with Crippen molar-refractivity contribution in [1.82, 2.24) is 0 Å². The van der Waals surface area contributed by atoms with Gasteiger partial charge in [-0.2, -0.15) is 5.26 Å². The highest BCUT2D eigenvalue weighted by Crippen LogP contribution is 2.49. The van der Waals surface area contributed by atoms with Gasteiger partial charge in [-0.15, -0.1) is 0 Å². The predicted molar refractivity (Wildman–Crippen MR) is 247 cm³/mol. The first kappa shape index (κ1) is 60.8. The van der Waals surface area contributed by atoms with E-state index < -0.39 is 19.9 Å². The standard InChI is InChI=1S/C49H94N2O9P.ClH/c1-4-6-8-10-12-14-16-18-20-22-24-26-28-30-32-35-48(52)56-45-47(46-59-61(54,57-41-34-37-50)58-44-40-51(3)38-42-55-43-39-51)60-49(53)36-33-31-29-27-25-23-21-19-17-15-13-11-9-7-5-2;/h47H,4-36,38-46H2,1-3H3;1H/q+1;/p-1. The number of carbonyl (C=O) groups is 2. The second-order valence-electron chi connectivity index (χ2n) is 17.9. The number of phosphoric ester groups is 1. The number of quaternary nitrogens is 1. The second kappa shape index (κ2) is 43.6. The summed E-state index contributed by atoms with van der Waals surface area (Å²) in [4.78, 5) is 25.7. The summed E-state index contributed by atoms with van der Waals surface area (Å²) >= 11 is 0. The third-order valence-corrected chi connectivity index (χ3v) is 13.5. The first-order chi connectivity index (χ1) is 29.8. The van der Waals surface area contributed by atoms with E-state index in [9.17, 15) is 14.2 Å². The number of morpholine rings is 1. The Kier molecular flexibility index (Phi) is 42.8. The van der Waals surface area contributed by atoms with Gasteiger partial charge in [0, 0.05) is 12.8 Å². The van der Waals surface area contributed by atoms with Crippen LogP contribution < -0.4 is 12.4 Å². The van der Waals surface area contributed by atoms with E-state index >= 15 is 0 Å². The van der Waals surface area contributed by atoms with Crippen LogP contribution in [0.15, 0.2) is 0 Å². The van der Waals surface area contributed by atoms with Crippen LogP contribution in [0.3, 0.4) is 0 Å². The number of unbranched alkanes of at least 4 members (excludes halogenated alkanes) is 28. The van der Waals surface area contributed by atoms with Gasteiger partial charge in [0.1, 0.15) is 32.8 Å². The van der Waals surface area contributed by atoms with Crippen molar-refractivity contribution in [2.45, 2.75) is 232 Å². The first-order valence-electron chi connectivity index (χ1n) is 25.4. The van der Waals surface area contributed by atoms with Crippen LogP contribution >= 0.6 is 7.82 Å². The number of phosphoric acid groups is 1. The molecule has 1 aliphatic rings. The van der Waals surface area contributed by atoms with Crippen LogP contribution in [0.2, 0.25) is 0 Å². The summed E-state index contributed by atoms with van der Waals surface area (Å²) < 4.78 is 48.1. The van der Waals surface area contributed by atoms with Crippen LogP contribution in [-0.4, -0.2) is 88.8 Å². The van der Waals surface area contributed by atoms with Gasteiger partial charge in [0.15, 0.2) is 6.10 Å². The summed E-state index contributed by atoms with van der Waals surface area (Å²) in [6.07, 6.45) is 36.9. The number of esters is 2. The van der Waals surface area contributed by atoms with E-state index in [1.165, 1.54) is 154 Å². The molecule has 1 rings (SSSR count). The fourth-order valence-corrected chi connectivity index (χ4v) is 8.96. The third kappa shape index (κ3) is 38.1.